The number of hydrogen-bond acceptors (Lipinski definition) is 6. The smallest absolute Gasteiger partial charge is 0.462 e. The molecule has 0 N–H and O–H groups in total. The number of esters is 1. The van der Waals surface area contributed by atoms with Crippen LogP contribution in [0.15, 0.2) is 29.2 Å². The molecule has 0 amide bonds. The van der Waals surface area contributed by atoms with Crippen molar-refractivity contribution in [3.8, 4) is 0 Å². The molecule has 1 saturated heterocycles. The number of benzene rings is 1. The molecule has 1 aromatic heterocycles. The van der Waals surface area contributed by atoms with Crippen molar-refractivity contribution in [3.05, 3.63) is 40.2 Å². The first-order valence-corrected chi connectivity index (χ1v) is 16.9. The fraction of sp³-hybridized carbons (Fsp3) is 0.667. The molecule has 0 unspecified atom stereocenters. The van der Waals surface area contributed by atoms with Crippen molar-refractivity contribution in [2.24, 2.45) is 5.41 Å². The third-order valence-electron chi connectivity index (χ3n) is 8.82. The highest BCUT2D eigenvalue weighted by Gasteiger charge is 2.51. The first-order valence-electron chi connectivity index (χ1n) is 14.0. The summed E-state index contributed by atoms with van der Waals surface area (Å²) < 4.78 is 26.5. The number of rotatable bonds is 7. The van der Waals surface area contributed by atoms with Gasteiger partial charge in [0.05, 0.1) is 36.0 Å². The Hall–Kier alpha value is -1.94. The Balaban J connectivity index is 2.22. The number of pyridine rings is 1. The van der Waals surface area contributed by atoms with Crippen LogP contribution in [0.4, 0.5) is 0 Å². The number of hydrogen-bond donors (Lipinski definition) is 0. The molecule has 1 atom stereocenters. The lowest BCUT2D eigenvalue weighted by atomic mass is 9.78. The molecule has 1 aromatic carbocycles. The summed E-state index contributed by atoms with van der Waals surface area (Å²) in [5.74, 6) is -0.628. The Morgan fingerprint density at radius 3 is 2.10 bits per heavy atom. The number of carbonyl (C=O) groups excluding carboxylic acids is 1. The Bertz CT molecular complexity index is 1270. The highest BCUT2D eigenvalue weighted by molar-refractivity contribution is 6.74. The van der Waals surface area contributed by atoms with E-state index in [2.05, 4.69) is 54.6 Å². The molecule has 0 saturated carbocycles. The summed E-state index contributed by atoms with van der Waals surface area (Å²) >= 11 is 0. The Kier molecular flexibility index (Phi) is 8.48. The van der Waals surface area contributed by atoms with E-state index in [1.54, 1.807) is 19.2 Å². The van der Waals surface area contributed by atoms with Crippen LogP contribution >= 0.6 is 0 Å². The molecule has 0 aliphatic carbocycles. The van der Waals surface area contributed by atoms with E-state index in [4.69, 9.17) is 18.5 Å². The maximum atomic E-state index is 13.7. The average molecular weight is 558 g/mol. The van der Waals surface area contributed by atoms with E-state index in [1.807, 2.05) is 44.4 Å². The fourth-order valence-corrected chi connectivity index (χ4v) is 5.37. The zero-order chi connectivity index (χ0) is 29.8. The van der Waals surface area contributed by atoms with Gasteiger partial charge in [-0.15, -0.1) is 0 Å². The lowest BCUT2D eigenvalue weighted by Gasteiger charge is -2.40. The third-order valence-corrected chi connectivity index (χ3v) is 13.3. The second kappa shape index (κ2) is 10.5. The van der Waals surface area contributed by atoms with Crippen LogP contribution in [0, 0.1) is 5.41 Å². The van der Waals surface area contributed by atoms with Crippen molar-refractivity contribution in [3.63, 3.8) is 0 Å². The summed E-state index contributed by atoms with van der Waals surface area (Å²) in [5.41, 5.74) is -0.160. The largest absolute Gasteiger partial charge is 0.494 e. The van der Waals surface area contributed by atoms with Gasteiger partial charge in [0.15, 0.2) is 8.32 Å². The van der Waals surface area contributed by atoms with E-state index in [1.165, 1.54) is 0 Å². The topological polar surface area (TPSA) is 76.0 Å². The van der Waals surface area contributed by atoms with Crippen LogP contribution in [0.3, 0.4) is 0 Å². The van der Waals surface area contributed by atoms with Crippen molar-refractivity contribution in [1.29, 1.82) is 0 Å². The molecule has 2 aromatic rings. The second-order valence-electron chi connectivity index (χ2n) is 14.3. The Labute approximate surface area is 235 Å². The van der Waals surface area contributed by atoms with Crippen molar-refractivity contribution in [2.75, 3.05) is 13.2 Å². The van der Waals surface area contributed by atoms with E-state index in [9.17, 15) is 9.59 Å². The normalized spacial score (nSPS) is 18.4. The Morgan fingerprint density at radius 2 is 1.62 bits per heavy atom. The lowest BCUT2D eigenvalue weighted by molar-refractivity contribution is 0.00578. The molecule has 39 heavy (non-hydrogen) atoms. The zero-order valence-corrected chi connectivity index (χ0v) is 27.3. The number of ether oxygens (including phenoxy) is 1. The van der Waals surface area contributed by atoms with Crippen LogP contribution < -0.4 is 10.9 Å². The molecule has 216 valence electrons. The van der Waals surface area contributed by atoms with Crippen LogP contribution in [-0.2, 0) is 18.5 Å². The summed E-state index contributed by atoms with van der Waals surface area (Å²) in [6.07, 6.45) is 1.65. The van der Waals surface area contributed by atoms with E-state index < -0.39 is 32.6 Å². The summed E-state index contributed by atoms with van der Waals surface area (Å²) in [7, 11) is -2.69. The maximum absolute atomic E-state index is 13.7. The summed E-state index contributed by atoms with van der Waals surface area (Å²) in [4.78, 5) is 26.7. The van der Waals surface area contributed by atoms with Crippen LogP contribution in [0.2, 0.25) is 18.1 Å². The standard InChI is InChI=1S/C30H48BNO6Si/c1-14-35-26(34)22-18-32(24(27(2,3)4)19-36-39(12,13)28(5,6)7)23-16-15-20(17-21(23)25(22)33)31-37-29(8,9)30(10,11)38-31/h15-18,24H,14,19H2,1-13H3/t24-/m1/s1. The van der Waals surface area contributed by atoms with E-state index in [0.29, 0.717) is 12.0 Å². The molecule has 1 aliphatic heterocycles. The number of fused-ring (bicyclic) bond motifs is 1. The second-order valence-corrected chi connectivity index (χ2v) is 19.1. The quantitative estimate of drug-likeness (QED) is 0.303. The van der Waals surface area contributed by atoms with Crippen LogP contribution in [0.1, 0.15) is 92.6 Å². The first-order chi connectivity index (χ1) is 17.6. The van der Waals surface area contributed by atoms with Gasteiger partial charge in [0, 0.05) is 11.6 Å². The molecular formula is C30H48BNO6Si. The Morgan fingerprint density at radius 1 is 1.05 bits per heavy atom. The summed E-state index contributed by atoms with van der Waals surface area (Å²) in [6.45, 7) is 27.9. The predicted octanol–water partition coefficient (Wildman–Crippen LogP) is 6.09. The van der Waals surface area contributed by atoms with Gasteiger partial charge in [0.1, 0.15) is 5.56 Å². The van der Waals surface area contributed by atoms with E-state index in [0.717, 1.165) is 11.0 Å². The summed E-state index contributed by atoms with van der Waals surface area (Å²) in [6, 6.07) is 5.52. The average Bonchev–Trinajstić information content (AvgIpc) is 3.00. The predicted molar refractivity (Wildman–Crippen MR) is 162 cm³/mol. The van der Waals surface area contributed by atoms with Crippen molar-refractivity contribution < 1.29 is 23.3 Å². The number of aromatic nitrogens is 1. The van der Waals surface area contributed by atoms with Crippen molar-refractivity contribution in [2.45, 2.75) is 112 Å². The monoisotopic (exact) mass is 557 g/mol. The van der Waals surface area contributed by atoms with Gasteiger partial charge in [-0.05, 0) is 75.8 Å². The van der Waals surface area contributed by atoms with Crippen molar-refractivity contribution >= 4 is 37.8 Å². The first kappa shape index (κ1) is 31.6. The van der Waals surface area contributed by atoms with Crippen molar-refractivity contribution in [1.82, 2.24) is 4.57 Å². The molecule has 0 spiro atoms. The molecule has 1 aliphatic rings. The minimum atomic E-state index is -2.06. The lowest BCUT2D eigenvalue weighted by Crippen LogP contribution is -2.43. The van der Waals surface area contributed by atoms with Gasteiger partial charge in [-0.2, -0.15) is 0 Å². The molecular weight excluding hydrogens is 509 g/mol. The SMILES string of the molecule is CCOC(=O)c1cn([C@H](CO[Si](C)(C)C(C)(C)C)C(C)(C)C)c2ccc(B3OC(C)(C)C(C)(C)O3)cc2c1=O. The number of nitrogens with zero attached hydrogens (tertiary/aromatic N) is 1. The van der Waals surface area contributed by atoms with Gasteiger partial charge in [0.2, 0.25) is 5.43 Å². The highest BCUT2D eigenvalue weighted by Crippen LogP contribution is 2.40. The molecule has 3 rings (SSSR count). The van der Waals surface area contributed by atoms with E-state index >= 15 is 0 Å². The van der Waals surface area contributed by atoms with E-state index in [-0.39, 0.29) is 34.1 Å². The van der Waals surface area contributed by atoms with Gasteiger partial charge in [-0.3, -0.25) is 4.79 Å². The third kappa shape index (κ3) is 6.21. The highest BCUT2D eigenvalue weighted by atomic mass is 28.4. The molecule has 9 heteroatoms. The van der Waals surface area contributed by atoms with Gasteiger partial charge < -0.3 is 23.0 Å². The number of carbonyl (C=O) groups is 1. The van der Waals surface area contributed by atoms with Crippen LogP contribution in [0.25, 0.3) is 10.9 Å². The molecule has 1 fully saturated rings. The minimum Gasteiger partial charge on any atom is -0.462 e. The molecule has 0 radical (unpaired) electrons. The van der Waals surface area contributed by atoms with Crippen LogP contribution in [-0.4, -0.2) is 50.4 Å². The van der Waals surface area contributed by atoms with Gasteiger partial charge >= 0.3 is 13.1 Å². The van der Waals surface area contributed by atoms with Gasteiger partial charge in [-0.1, -0.05) is 47.6 Å². The fourth-order valence-electron chi connectivity index (χ4n) is 4.36. The van der Waals surface area contributed by atoms with Crippen LogP contribution in [0.5, 0.6) is 0 Å². The molecule has 2 heterocycles. The zero-order valence-electron chi connectivity index (χ0n) is 26.3. The minimum absolute atomic E-state index is 0.0111. The van der Waals surface area contributed by atoms with Gasteiger partial charge in [0.25, 0.3) is 0 Å². The van der Waals surface area contributed by atoms with Gasteiger partial charge in [-0.25, -0.2) is 4.79 Å². The molecule has 0 bridgehead atoms. The summed E-state index contributed by atoms with van der Waals surface area (Å²) in [5, 5.41) is 0.476. The maximum Gasteiger partial charge on any atom is 0.494 e. The molecule has 7 nitrogen and oxygen atoms in total.